The minimum atomic E-state index is -0.194. The standard InChI is InChI=1S/C6H19As3Si/c1-7(2)10(8(3)4)9(5)6/h10H,1-6H3. The van der Waals surface area contributed by atoms with Crippen LogP contribution in [0, 0.1) is 0 Å². The zero-order chi connectivity index (χ0) is 8.31. The Morgan fingerprint density at radius 1 is 0.600 bits per heavy atom. The first-order valence-electron chi connectivity index (χ1n) is 3.46. The van der Waals surface area contributed by atoms with E-state index in [2.05, 4.69) is 34.3 Å². The van der Waals surface area contributed by atoms with Crippen molar-refractivity contribution in [3.05, 3.63) is 0 Å². The van der Waals surface area contributed by atoms with Gasteiger partial charge in [0.1, 0.15) is 0 Å². The molecule has 0 atom stereocenters. The Labute approximate surface area is 79.7 Å². The van der Waals surface area contributed by atoms with E-state index in [9.17, 15) is 0 Å². The molecule has 0 unspecified atom stereocenters. The maximum atomic E-state index is 2.60. The van der Waals surface area contributed by atoms with Gasteiger partial charge in [-0.15, -0.1) is 0 Å². The van der Waals surface area contributed by atoms with Crippen molar-refractivity contribution in [3.8, 4) is 0 Å². The zero-order valence-corrected chi connectivity index (χ0v) is 14.7. The van der Waals surface area contributed by atoms with Crippen LogP contribution in [0.1, 0.15) is 0 Å². The molecule has 0 aromatic rings. The van der Waals surface area contributed by atoms with Gasteiger partial charge in [-0.3, -0.25) is 0 Å². The van der Waals surface area contributed by atoms with Gasteiger partial charge in [0.05, 0.1) is 0 Å². The van der Waals surface area contributed by atoms with Gasteiger partial charge in [0.25, 0.3) is 0 Å². The molecule has 0 aliphatic carbocycles. The van der Waals surface area contributed by atoms with Crippen molar-refractivity contribution in [1.29, 1.82) is 0 Å². The molecule has 0 spiro atoms. The van der Waals surface area contributed by atoms with Crippen LogP contribution in [0.3, 0.4) is 0 Å². The third-order valence-corrected chi connectivity index (χ3v) is 112. The second kappa shape index (κ2) is 5.52. The van der Waals surface area contributed by atoms with Gasteiger partial charge >= 0.3 is 80.4 Å². The summed E-state index contributed by atoms with van der Waals surface area (Å²) in [6.07, 6.45) is 0. The summed E-state index contributed by atoms with van der Waals surface area (Å²) >= 11 is -0.583. The molecule has 10 heavy (non-hydrogen) atoms. The van der Waals surface area contributed by atoms with Gasteiger partial charge in [0, 0.05) is 0 Å². The van der Waals surface area contributed by atoms with Crippen LogP contribution < -0.4 is 0 Å². The van der Waals surface area contributed by atoms with Crippen LogP contribution in [0.4, 0.5) is 0 Å². The second-order valence-electron chi connectivity index (χ2n) is 3.24. The van der Waals surface area contributed by atoms with Gasteiger partial charge in [-0.2, -0.15) is 0 Å². The van der Waals surface area contributed by atoms with E-state index in [1.807, 2.05) is 0 Å². The molecule has 0 amide bonds. The topological polar surface area (TPSA) is 0 Å². The van der Waals surface area contributed by atoms with E-state index in [0.29, 0.717) is 0 Å². The van der Waals surface area contributed by atoms with Crippen LogP contribution in [0.5, 0.6) is 0 Å². The van der Waals surface area contributed by atoms with Crippen molar-refractivity contribution in [2.45, 2.75) is 34.3 Å². The van der Waals surface area contributed by atoms with Gasteiger partial charge in [-0.25, -0.2) is 0 Å². The molecular formula is C6H19As3Si. The number of hydrogen-bond donors (Lipinski definition) is 0. The summed E-state index contributed by atoms with van der Waals surface area (Å²) in [5.41, 5.74) is 15.6. The van der Waals surface area contributed by atoms with Crippen molar-refractivity contribution < 1.29 is 0 Å². The van der Waals surface area contributed by atoms with Crippen molar-refractivity contribution >= 4 is 46.2 Å². The first-order chi connectivity index (χ1) is 4.46. The number of hydrogen-bond acceptors (Lipinski definition) is 0. The molecule has 0 rings (SSSR count). The van der Waals surface area contributed by atoms with E-state index in [1.165, 1.54) is 0 Å². The molecule has 0 nitrogen and oxygen atoms in total. The Bertz CT molecular complexity index is 74.0. The van der Waals surface area contributed by atoms with Crippen molar-refractivity contribution in [3.63, 3.8) is 0 Å². The Morgan fingerprint density at radius 2 is 0.800 bits per heavy atom. The first kappa shape index (κ1) is 11.9. The molecule has 0 aromatic carbocycles. The Morgan fingerprint density at radius 3 is 0.800 bits per heavy atom. The SMILES string of the molecule is C[As](C)[SiH]([As](C)C)[As](C)C. The van der Waals surface area contributed by atoms with E-state index in [-0.39, 0.29) is 46.2 Å². The third-order valence-electron chi connectivity index (χ3n) is 1.39. The quantitative estimate of drug-likeness (QED) is 0.684. The van der Waals surface area contributed by atoms with Gasteiger partial charge in [-0.1, -0.05) is 0 Å². The molecule has 0 radical (unpaired) electrons. The summed E-state index contributed by atoms with van der Waals surface area (Å²) in [5.74, 6) is 0. The summed E-state index contributed by atoms with van der Waals surface area (Å²) in [6, 6.07) is 0. The maximum absolute atomic E-state index is 2.60. The van der Waals surface area contributed by atoms with Crippen LogP contribution in [0.25, 0.3) is 0 Å². The molecule has 0 aliphatic heterocycles. The van der Waals surface area contributed by atoms with Crippen LogP contribution in [-0.4, -0.2) is 46.2 Å². The summed E-state index contributed by atoms with van der Waals surface area (Å²) < 4.78 is -0.0162. The zero-order valence-electron chi connectivity index (χ0n) is 7.92. The van der Waals surface area contributed by atoms with E-state index >= 15 is 0 Å². The Kier molecular flexibility index (Phi) is 6.57. The molecule has 0 bridgehead atoms. The molecule has 0 saturated carbocycles. The normalized spacial score (nSPS) is 12.6. The van der Waals surface area contributed by atoms with Crippen LogP contribution in [-0.2, 0) is 0 Å². The van der Waals surface area contributed by atoms with E-state index in [1.54, 1.807) is 0 Å². The molecule has 0 heterocycles. The predicted octanol–water partition coefficient (Wildman–Crippen LogP) is 1.71. The molecule has 0 N–H and O–H groups in total. The van der Waals surface area contributed by atoms with Gasteiger partial charge in [0.15, 0.2) is 0 Å². The van der Waals surface area contributed by atoms with E-state index in [0.717, 1.165) is 0 Å². The molecule has 0 aromatic heterocycles. The van der Waals surface area contributed by atoms with E-state index < -0.39 is 0 Å². The van der Waals surface area contributed by atoms with Crippen molar-refractivity contribution in [2.75, 3.05) is 0 Å². The monoisotopic (exact) mass is 344 g/mol. The summed E-state index contributed by atoms with van der Waals surface area (Å²) in [6.45, 7) is 0. The van der Waals surface area contributed by atoms with Gasteiger partial charge < -0.3 is 0 Å². The molecule has 62 valence electrons. The third kappa shape index (κ3) is 4.05. The Hall–Kier alpha value is 1.89. The average molecular weight is 344 g/mol. The summed E-state index contributed by atoms with van der Waals surface area (Å²) in [5, 5.41) is 0. The molecular weight excluding hydrogens is 325 g/mol. The van der Waals surface area contributed by atoms with Crippen LogP contribution in [0.15, 0.2) is 0 Å². The molecule has 0 aliphatic rings. The minimum absolute atomic E-state index is 0.0162. The fraction of sp³-hybridized carbons (Fsp3) is 1.00. The fourth-order valence-electron chi connectivity index (χ4n) is 1.39. The number of rotatable bonds is 3. The van der Waals surface area contributed by atoms with Gasteiger partial charge in [0.2, 0.25) is 0 Å². The molecule has 0 saturated heterocycles. The van der Waals surface area contributed by atoms with Crippen molar-refractivity contribution in [1.82, 2.24) is 0 Å². The molecule has 0 fully saturated rings. The average Bonchev–Trinajstić information content (AvgIpc) is 1.59. The summed E-state index contributed by atoms with van der Waals surface area (Å²) in [4.78, 5) is 0. The van der Waals surface area contributed by atoms with Crippen LogP contribution in [0.2, 0.25) is 34.3 Å². The first-order valence-corrected chi connectivity index (χ1v) is 26.0. The predicted molar refractivity (Wildman–Crippen MR) is 59.6 cm³/mol. The van der Waals surface area contributed by atoms with E-state index in [4.69, 9.17) is 0 Å². The fourth-order valence-corrected chi connectivity index (χ4v) is 112. The van der Waals surface area contributed by atoms with Gasteiger partial charge in [-0.05, 0) is 0 Å². The van der Waals surface area contributed by atoms with Crippen LogP contribution >= 0.6 is 0 Å². The Balaban J connectivity index is 3.98. The van der Waals surface area contributed by atoms with Crippen molar-refractivity contribution in [2.24, 2.45) is 0 Å². The summed E-state index contributed by atoms with van der Waals surface area (Å²) in [7, 11) is 0. The molecule has 4 heteroatoms. The second-order valence-corrected chi connectivity index (χ2v) is 59.2.